The second-order valence-corrected chi connectivity index (χ2v) is 4.21. The molecule has 0 heterocycles. The van der Waals surface area contributed by atoms with E-state index in [1.807, 2.05) is 20.8 Å². The van der Waals surface area contributed by atoms with Gasteiger partial charge in [-0.1, -0.05) is 6.92 Å². The maximum atomic E-state index is 11.5. The minimum absolute atomic E-state index is 0.00116. The fourth-order valence-electron chi connectivity index (χ4n) is 1.23. The molecule has 0 unspecified atom stereocenters. The Morgan fingerprint density at radius 2 is 1.79 bits per heavy atom. The molecule has 0 aromatic rings. The van der Waals surface area contributed by atoms with Gasteiger partial charge in [0.15, 0.2) is 0 Å². The summed E-state index contributed by atoms with van der Waals surface area (Å²) in [5.41, 5.74) is -0.303. The van der Waals surface area contributed by atoms with Crippen LogP contribution >= 0.6 is 0 Å². The summed E-state index contributed by atoms with van der Waals surface area (Å²) >= 11 is 0. The average molecular weight is 201 g/mol. The molecule has 0 aliphatic carbocycles. The number of amides is 1. The smallest absolute Gasteiger partial charge is 0.305 e. The zero-order valence-electron chi connectivity index (χ0n) is 9.33. The lowest BCUT2D eigenvalue weighted by atomic mass is 10.1. The molecule has 0 rings (SSSR count). The van der Waals surface area contributed by atoms with Crippen molar-refractivity contribution < 1.29 is 14.7 Å². The van der Waals surface area contributed by atoms with Gasteiger partial charge in [0.05, 0.1) is 6.42 Å². The number of hydrogen-bond donors (Lipinski definition) is 1. The van der Waals surface area contributed by atoms with Crippen LogP contribution in [0.4, 0.5) is 0 Å². The van der Waals surface area contributed by atoms with Crippen molar-refractivity contribution in [3.8, 4) is 0 Å². The van der Waals surface area contributed by atoms with E-state index in [1.165, 1.54) is 0 Å². The normalized spacial score (nSPS) is 11.1. The van der Waals surface area contributed by atoms with Gasteiger partial charge in [-0.3, -0.25) is 9.59 Å². The topological polar surface area (TPSA) is 57.6 Å². The highest BCUT2D eigenvalue weighted by atomic mass is 16.4. The summed E-state index contributed by atoms with van der Waals surface area (Å²) in [6.07, 6.45) is 0.417. The SMILES string of the molecule is CCC(=O)N(CCC(=O)O)C(C)(C)C. The standard InChI is InChI=1S/C10H19NO3/c1-5-8(12)11(10(2,3)4)7-6-9(13)14/h5-7H2,1-4H3,(H,13,14). The van der Waals surface area contributed by atoms with Gasteiger partial charge in [0, 0.05) is 18.5 Å². The third-order valence-electron chi connectivity index (χ3n) is 1.96. The summed E-state index contributed by atoms with van der Waals surface area (Å²) in [5, 5.41) is 8.54. The van der Waals surface area contributed by atoms with E-state index in [4.69, 9.17) is 5.11 Å². The van der Waals surface area contributed by atoms with Crippen molar-refractivity contribution in [1.29, 1.82) is 0 Å². The molecule has 0 fully saturated rings. The van der Waals surface area contributed by atoms with Crippen molar-refractivity contribution in [2.45, 2.75) is 46.1 Å². The Hall–Kier alpha value is -1.06. The number of rotatable bonds is 4. The van der Waals surface area contributed by atoms with Gasteiger partial charge in [0.1, 0.15) is 0 Å². The van der Waals surface area contributed by atoms with Gasteiger partial charge < -0.3 is 10.0 Å². The highest BCUT2D eigenvalue weighted by Crippen LogP contribution is 2.14. The van der Waals surface area contributed by atoms with Gasteiger partial charge in [-0.2, -0.15) is 0 Å². The van der Waals surface area contributed by atoms with Gasteiger partial charge in [-0.05, 0) is 20.8 Å². The number of hydrogen-bond acceptors (Lipinski definition) is 2. The fourth-order valence-corrected chi connectivity index (χ4v) is 1.23. The van der Waals surface area contributed by atoms with Crippen LogP contribution < -0.4 is 0 Å². The first kappa shape index (κ1) is 12.9. The van der Waals surface area contributed by atoms with E-state index in [0.29, 0.717) is 6.42 Å². The van der Waals surface area contributed by atoms with Crippen LogP contribution in [0.1, 0.15) is 40.5 Å². The Balaban J connectivity index is 4.41. The van der Waals surface area contributed by atoms with E-state index in [0.717, 1.165) is 0 Å². The summed E-state index contributed by atoms with van der Waals surface area (Å²) in [6, 6.07) is 0. The summed E-state index contributed by atoms with van der Waals surface area (Å²) < 4.78 is 0. The van der Waals surface area contributed by atoms with Crippen molar-refractivity contribution in [1.82, 2.24) is 4.90 Å². The van der Waals surface area contributed by atoms with Crippen LogP contribution in [0, 0.1) is 0 Å². The van der Waals surface area contributed by atoms with Crippen molar-refractivity contribution in [2.75, 3.05) is 6.54 Å². The van der Waals surface area contributed by atoms with E-state index >= 15 is 0 Å². The van der Waals surface area contributed by atoms with Crippen LogP contribution in [0.2, 0.25) is 0 Å². The minimum Gasteiger partial charge on any atom is -0.481 e. The molecule has 1 N–H and O–H groups in total. The first-order valence-electron chi connectivity index (χ1n) is 4.81. The molecular formula is C10H19NO3. The molecule has 0 saturated heterocycles. The largest absolute Gasteiger partial charge is 0.481 e. The number of carbonyl (C=O) groups is 2. The van der Waals surface area contributed by atoms with Crippen LogP contribution in [-0.2, 0) is 9.59 Å². The number of carboxylic acid groups (broad SMARTS) is 1. The molecule has 4 heteroatoms. The molecule has 0 saturated carbocycles. The van der Waals surface area contributed by atoms with E-state index < -0.39 is 5.97 Å². The Labute approximate surface area is 84.9 Å². The van der Waals surface area contributed by atoms with E-state index in [-0.39, 0.29) is 24.4 Å². The van der Waals surface area contributed by atoms with Crippen LogP contribution in [0.3, 0.4) is 0 Å². The van der Waals surface area contributed by atoms with E-state index in [9.17, 15) is 9.59 Å². The molecule has 0 aliphatic heterocycles. The molecule has 82 valence electrons. The van der Waals surface area contributed by atoms with Crippen LogP contribution in [0.15, 0.2) is 0 Å². The zero-order chi connectivity index (χ0) is 11.4. The number of nitrogens with zero attached hydrogens (tertiary/aromatic N) is 1. The maximum absolute atomic E-state index is 11.5. The Morgan fingerprint density at radius 1 is 1.29 bits per heavy atom. The highest BCUT2D eigenvalue weighted by molar-refractivity contribution is 5.77. The van der Waals surface area contributed by atoms with Crippen LogP contribution in [-0.4, -0.2) is 34.0 Å². The molecule has 0 aromatic carbocycles. The molecule has 1 amide bonds. The predicted octanol–water partition coefficient (Wildman–Crippen LogP) is 1.50. The van der Waals surface area contributed by atoms with Gasteiger partial charge in [-0.15, -0.1) is 0 Å². The molecule has 0 aromatic heterocycles. The van der Waals surface area contributed by atoms with E-state index in [1.54, 1.807) is 11.8 Å². The number of carboxylic acids is 1. The van der Waals surface area contributed by atoms with Gasteiger partial charge in [-0.25, -0.2) is 0 Å². The molecule has 0 bridgehead atoms. The van der Waals surface area contributed by atoms with Crippen LogP contribution in [0.25, 0.3) is 0 Å². The molecule has 0 spiro atoms. The third-order valence-corrected chi connectivity index (χ3v) is 1.96. The fraction of sp³-hybridized carbons (Fsp3) is 0.800. The molecular weight excluding hydrogens is 182 g/mol. The maximum Gasteiger partial charge on any atom is 0.305 e. The Bertz CT molecular complexity index is 218. The highest BCUT2D eigenvalue weighted by Gasteiger charge is 2.25. The van der Waals surface area contributed by atoms with Gasteiger partial charge in [0.25, 0.3) is 0 Å². The summed E-state index contributed by atoms with van der Waals surface area (Å²) in [4.78, 5) is 23.5. The Morgan fingerprint density at radius 3 is 2.07 bits per heavy atom. The van der Waals surface area contributed by atoms with Gasteiger partial charge in [0.2, 0.25) is 5.91 Å². The van der Waals surface area contributed by atoms with E-state index in [2.05, 4.69) is 0 Å². The monoisotopic (exact) mass is 201 g/mol. The van der Waals surface area contributed by atoms with Crippen molar-refractivity contribution >= 4 is 11.9 Å². The lowest BCUT2D eigenvalue weighted by Crippen LogP contribution is -2.46. The molecule has 0 radical (unpaired) electrons. The average Bonchev–Trinajstić information content (AvgIpc) is 2.01. The summed E-state index contributed by atoms with van der Waals surface area (Å²) in [6.45, 7) is 7.78. The molecule has 4 nitrogen and oxygen atoms in total. The lowest BCUT2D eigenvalue weighted by molar-refractivity contribution is -0.140. The minimum atomic E-state index is -0.872. The van der Waals surface area contributed by atoms with Crippen LogP contribution in [0.5, 0.6) is 0 Å². The second kappa shape index (κ2) is 4.98. The number of aliphatic carboxylic acids is 1. The first-order chi connectivity index (χ1) is 6.29. The molecule has 0 atom stereocenters. The van der Waals surface area contributed by atoms with Crippen molar-refractivity contribution in [3.63, 3.8) is 0 Å². The molecule has 14 heavy (non-hydrogen) atoms. The van der Waals surface area contributed by atoms with Crippen molar-refractivity contribution in [2.24, 2.45) is 0 Å². The molecule has 0 aliphatic rings. The van der Waals surface area contributed by atoms with Gasteiger partial charge >= 0.3 is 5.97 Å². The van der Waals surface area contributed by atoms with Crippen molar-refractivity contribution in [3.05, 3.63) is 0 Å². The summed E-state index contributed by atoms with van der Waals surface area (Å²) in [7, 11) is 0. The summed E-state index contributed by atoms with van der Waals surface area (Å²) in [5.74, 6) is -0.873. The lowest BCUT2D eigenvalue weighted by Gasteiger charge is -2.35. The number of carbonyl (C=O) groups excluding carboxylic acids is 1. The first-order valence-corrected chi connectivity index (χ1v) is 4.81. The second-order valence-electron chi connectivity index (χ2n) is 4.21. The Kier molecular flexibility index (Phi) is 4.60. The zero-order valence-corrected chi connectivity index (χ0v) is 9.33. The quantitative estimate of drug-likeness (QED) is 0.749. The predicted molar refractivity (Wildman–Crippen MR) is 54.0 cm³/mol. The third kappa shape index (κ3) is 4.25.